The van der Waals surface area contributed by atoms with Gasteiger partial charge < -0.3 is 15.2 Å². The minimum Gasteiger partial charge on any atom is -0.480 e. The van der Waals surface area contributed by atoms with Gasteiger partial charge in [0.1, 0.15) is 6.04 Å². The van der Waals surface area contributed by atoms with Crippen molar-refractivity contribution in [1.82, 2.24) is 5.32 Å². The molecule has 0 aromatic rings. The van der Waals surface area contributed by atoms with Crippen LogP contribution in [0.4, 0.5) is 0 Å². The van der Waals surface area contributed by atoms with Gasteiger partial charge in [-0.15, -0.1) is 0 Å². The Balaban J connectivity index is 2.34. The van der Waals surface area contributed by atoms with E-state index in [1.54, 1.807) is 0 Å². The lowest BCUT2D eigenvalue weighted by molar-refractivity contribution is -0.142. The highest BCUT2D eigenvalue weighted by molar-refractivity contribution is 5.75. The molecular formula is C11H19NO4. The van der Waals surface area contributed by atoms with Gasteiger partial charge >= 0.3 is 11.9 Å². The van der Waals surface area contributed by atoms with E-state index < -0.39 is 12.0 Å². The first-order valence-electron chi connectivity index (χ1n) is 5.69. The summed E-state index contributed by atoms with van der Waals surface area (Å²) in [7, 11) is 1.31. The quantitative estimate of drug-likeness (QED) is 0.662. The zero-order chi connectivity index (χ0) is 12.0. The summed E-state index contributed by atoms with van der Waals surface area (Å²) in [6, 6.07) is -0.346. The summed E-state index contributed by atoms with van der Waals surface area (Å²) in [5.74, 6) is -1.25. The van der Waals surface area contributed by atoms with E-state index in [9.17, 15) is 9.59 Å². The Labute approximate surface area is 95.2 Å². The molecule has 0 saturated heterocycles. The molecule has 1 fully saturated rings. The molecule has 1 aliphatic carbocycles. The fraction of sp³-hybridized carbons (Fsp3) is 0.818. The van der Waals surface area contributed by atoms with E-state index in [1.165, 1.54) is 7.11 Å². The molecule has 1 saturated carbocycles. The molecule has 2 N–H and O–H groups in total. The van der Waals surface area contributed by atoms with Crippen molar-refractivity contribution in [2.45, 2.75) is 50.6 Å². The topological polar surface area (TPSA) is 75.6 Å². The highest BCUT2D eigenvalue weighted by Gasteiger charge is 2.24. The Morgan fingerprint density at radius 3 is 2.56 bits per heavy atom. The number of carbonyl (C=O) groups is 2. The Morgan fingerprint density at radius 2 is 2.06 bits per heavy atom. The number of ether oxygens (including phenoxy) is 1. The van der Waals surface area contributed by atoms with Crippen LogP contribution in [0.1, 0.15) is 38.5 Å². The lowest BCUT2D eigenvalue weighted by Gasteiger charge is -2.18. The highest BCUT2D eigenvalue weighted by Crippen LogP contribution is 2.18. The van der Waals surface area contributed by atoms with Crippen LogP contribution in [-0.2, 0) is 14.3 Å². The maximum atomic E-state index is 11.0. The maximum Gasteiger partial charge on any atom is 0.320 e. The average Bonchev–Trinajstić information content (AvgIpc) is 2.75. The normalized spacial score (nSPS) is 18.3. The van der Waals surface area contributed by atoms with Crippen LogP contribution in [-0.4, -0.2) is 36.2 Å². The minimum atomic E-state index is -0.893. The van der Waals surface area contributed by atoms with Crippen molar-refractivity contribution in [3.05, 3.63) is 0 Å². The molecular weight excluding hydrogens is 210 g/mol. The first-order chi connectivity index (χ1) is 7.63. The summed E-state index contributed by atoms with van der Waals surface area (Å²) in [5.41, 5.74) is 0. The second-order valence-corrected chi connectivity index (χ2v) is 4.15. The predicted molar refractivity (Wildman–Crippen MR) is 58.1 cm³/mol. The molecule has 0 aromatic carbocycles. The van der Waals surface area contributed by atoms with Crippen molar-refractivity contribution in [3.8, 4) is 0 Å². The fourth-order valence-corrected chi connectivity index (χ4v) is 2.02. The van der Waals surface area contributed by atoms with Crippen LogP contribution in [0.3, 0.4) is 0 Å². The molecule has 0 radical (unpaired) electrons. The van der Waals surface area contributed by atoms with Crippen LogP contribution in [0.2, 0.25) is 0 Å². The van der Waals surface area contributed by atoms with Crippen LogP contribution in [0, 0.1) is 0 Å². The molecule has 0 spiro atoms. The van der Waals surface area contributed by atoms with Gasteiger partial charge in [-0.1, -0.05) is 12.8 Å². The molecule has 1 atom stereocenters. The number of nitrogens with one attached hydrogen (secondary N) is 1. The summed E-state index contributed by atoms with van der Waals surface area (Å²) in [5, 5.41) is 12.1. The largest absolute Gasteiger partial charge is 0.480 e. The number of hydrogen-bond donors (Lipinski definition) is 2. The van der Waals surface area contributed by atoms with E-state index in [-0.39, 0.29) is 12.4 Å². The minimum absolute atomic E-state index is 0.146. The summed E-state index contributed by atoms with van der Waals surface area (Å²) in [6.45, 7) is 0. The molecule has 0 heterocycles. The molecule has 5 nitrogen and oxygen atoms in total. The van der Waals surface area contributed by atoms with Crippen LogP contribution < -0.4 is 5.32 Å². The van der Waals surface area contributed by atoms with E-state index >= 15 is 0 Å². The number of esters is 1. The van der Waals surface area contributed by atoms with Gasteiger partial charge in [0.15, 0.2) is 0 Å². The summed E-state index contributed by atoms with van der Waals surface area (Å²) in [4.78, 5) is 21.9. The lowest BCUT2D eigenvalue weighted by Crippen LogP contribution is -2.42. The monoisotopic (exact) mass is 229 g/mol. The third kappa shape index (κ3) is 4.18. The van der Waals surface area contributed by atoms with E-state index in [4.69, 9.17) is 5.11 Å². The smallest absolute Gasteiger partial charge is 0.320 e. The zero-order valence-electron chi connectivity index (χ0n) is 9.57. The molecule has 5 heteroatoms. The predicted octanol–water partition coefficient (Wildman–Crippen LogP) is 0.925. The number of rotatable bonds is 6. The van der Waals surface area contributed by atoms with Gasteiger partial charge in [-0.05, 0) is 19.3 Å². The third-order valence-corrected chi connectivity index (χ3v) is 2.95. The van der Waals surface area contributed by atoms with E-state index in [0.29, 0.717) is 12.5 Å². The van der Waals surface area contributed by atoms with E-state index in [0.717, 1.165) is 25.7 Å². The first-order valence-corrected chi connectivity index (χ1v) is 5.69. The second-order valence-electron chi connectivity index (χ2n) is 4.15. The SMILES string of the molecule is COC(=O)CC[C@H](NC1CCCC1)C(=O)O. The standard InChI is InChI=1S/C11H19NO4/c1-16-10(13)7-6-9(11(14)15)12-8-4-2-3-5-8/h8-9,12H,2-7H2,1H3,(H,14,15)/t9-/m0/s1. The number of aliphatic carboxylic acids is 1. The number of carboxylic acids is 1. The molecule has 0 amide bonds. The number of carbonyl (C=O) groups excluding carboxylic acids is 1. The van der Waals surface area contributed by atoms with Crippen LogP contribution in [0.25, 0.3) is 0 Å². The van der Waals surface area contributed by atoms with Gasteiger partial charge in [-0.25, -0.2) is 0 Å². The van der Waals surface area contributed by atoms with E-state index in [2.05, 4.69) is 10.1 Å². The van der Waals surface area contributed by atoms with Crippen LogP contribution in [0.5, 0.6) is 0 Å². The van der Waals surface area contributed by atoms with Gasteiger partial charge in [0.05, 0.1) is 7.11 Å². The third-order valence-electron chi connectivity index (χ3n) is 2.95. The van der Waals surface area contributed by atoms with Gasteiger partial charge in [0, 0.05) is 12.5 Å². The average molecular weight is 229 g/mol. The van der Waals surface area contributed by atoms with Crippen molar-refractivity contribution in [1.29, 1.82) is 0 Å². The Kier molecular flexibility index (Phi) is 5.25. The van der Waals surface area contributed by atoms with Gasteiger partial charge in [0.2, 0.25) is 0 Å². The number of carboxylic acid groups (broad SMARTS) is 1. The molecule has 1 rings (SSSR count). The number of hydrogen-bond acceptors (Lipinski definition) is 4. The van der Waals surface area contributed by atoms with Crippen molar-refractivity contribution in [2.75, 3.05) is 7.11 Å². The fourth-order valence-electron chi connectivity index (χ4n) is 2.02. The zero-order valence-corrected chi connectivity index (χ0v) is 9.57. The van der Waals surface area contributed by atoms with Crippen molar-refractivity contribution >= 4 is 11.9 Å². The molecule has 0 aromatic heterocycles. The molecule has 92 valence electrons. The molecule has 1 aliphatic rings. The van der Waals surface area contributed by atoms with Crippen molar-refractivity contribution < 1.29 is 19.4 Å². The Hall–Kier alpha value is -1.10. The Morgan fingerprint density at radius 1 is 1.44 bits per heavy atom. The summed E-state index contributed by atoms with van der Waals surface area (Å²) in [6.07, 6.45) is 4.80. The van der Waals surface area contributed by atoms with Crippen molar-refractivity contribution in [2.24, 2.45) is 0 Å². The van der Waals surface area contributed by atoms with Crippen LogP contribution >= 0.6 is 0 Å². The molecule has 0 aliphatic heterocycles. The van der Waals surface area contributed by atoms with Gasteiger partial charge in [-0.3, -0.25) is 9.59 Å². The highest BCUT2D eigenvalue weighted by atomic mass is 16.5. The van der Waals surface area contributed by atoms with Gasteiger partial charge in [0.25, 0.3) is 0 Å². The summed E-state index contributed by atoms with van der Waals surface area (Å²) < 4.78 is 4.49. The molecule has 0 unspecified atom stereocenters. The summed E-state index contributed by atoms with van der Waals surface area (Å²) >= 11 is 0. The maximum absolute atomic E-state index is 11.0. The number of methoxy groups -OCH3 is 1. The van der Waals surface area contributed by atoms with Crippen molar-refractivity contribution in [3.63, 3.8) is 0 Å². The van der Waals surface area contributed by atoms with Crippen LogP contribution in [0.15, 0.2) is 0 Å². The first kappa shape index (κ1) is 13.0. The lowest BCUT2D eigenvalue weighted by atomic mass is 10.1. The molecule has 16 heavy (non-hydrogen) atoms. The second kappa shape index (κ2) is 6.48. The Bertz CT molecular complexity index is 248. The molecule has 0 bridgehead atoms. The van der Waals surface area contributed by atoms with E-state index in [1.807, 2.05) is 0 Å². The van der Waals surface area contributed by atoms with Gasteiger partial charge in [-0.2, -0.15) is 0 Å².